The Balaban J connectivity index is 2.70. The Morgan fingerprint density at radius 2 is 2.12 bits per heavy atom. The number of benzene rings is 1. The third-order valence-corrected chi connectivity index (χ3v) is 2.90. The van der Waals surface area contributed by atoms with E-state index in [4.69, 9.17) is 28.4 Å². The molecule has 1 radical (unpaired) electrons. The lowest BCUT2D eigenvalue weighted by atomic mass is 10.0. The van der Waals surface area contributed by atoms with Crippen LogP contribution in [0.3, 0.4) is 0 Å². The second-order valence-corrected chi connectivity index (χ2v) is 4.31. The fourth-order valence-corrected chi connectivity index (χ4v) is 1.68. The topological polar surface area (TPSA) is 57.6 Å². The summed E-state index contributed by atoms with van der Waals surface area (Å²) in [5.41, 5.74) is 0.784. The van der Waals surface area contributed by atoms with E-state index in [2.05, 4.69) is 0 Å². The molecule has 0 aromatic heterocycles. The lowest BCUT2D eigenvalue weighted by Crippen LogP contribution is -2.27. The van der Waals surface area contributed by atoms with Crippen molar-refractivity contribution in [2.75, 3.05) is 6.54 Å². The third kappa shape index (κ3) is 4.34. The van der Waals surface area contributed by atoms with Crippen molar-refractivity contribution >= 4 is 35.9 Å². The Morgan fingerprint density at radius 3 is 2.65 bits per heavy atom. The number of hydroxylamine groups is 2. The van der Waals surface area contributed by atoms with E-state index in [1.165, 1.54) is 0 Å². The number of halogens is 2. The van der Waals surface area contributed by atoms with Gasteiger partial charge in [0, 0.05) is 5.92 Å². The fraction of sp³-hybridized carbons (Fsp3) is 0.273. The van der Waals surface area contributed by atoms with E-state index in [1.807, 2.05) is 0 Å². The smallest absolute Gasteiger partial charge is 0.233 e. The van der Waals surface area contributed by atoms with Crippen LogP contribution in [-0.4, -0.2) is 29.5 Å². The lowest BCUT2D eigenvalue weighted by molar-refractivity contribution is -0.150. The first-order chi connectivity index (χ1) is 8.06. The van der Waals surface area contributed by atoms with Gasteiger partial charge in [-0.05, 0) is 24.1 Å². The van der Waals surface area contributed by atoms with E-state index in [9.17, 15) is 9.59 Å². The van der Waals surface area contributed by atoms with Crippen LogP contribution in [0.25, 0.3) is 0 Å². The molecule has 1 aromatic carbocycles. The third-order valence-electron chi connectivity index (χ3n) is 2.16. The van der Waals surface area contributed by atoms with Gasteiger partial charge in [-0.15, -0.1) is 0 Å². The number of carbonyl (C=O) groups is 1. The molecule has 0 fully saturated rings. The first kappa shape index (κ1) is 14.0. The highest BCUT2D eigenvalue weighted by molar-refractivity contribution is 6.42. The van der Waals surface area contributed by atoms with Gasteiger partial charge in [0.2, 0.25) is 12.7 Å². The molecule has 91 valence electrons. The minimum Gasteiger partial charge on any atom is -0.290 e. The Labute approximate surface area is 109 Å². The van der Waals surface area contributed by atoms with E-state index in [1.54, 1.807) is 24.5 Å². The summed E-state index contributed by atoms with van der Waals surface area (Å²) in [6.45, 7) is -0.104. The van der Waals surface area contributed by atoms with Gasteiger partial charge in [-0.3, -0.25) is 14.8 Å². The molecule has 0 aliphatic carbocycles. The average molecular weight is 275 g/mol. The van der Waals surface area contributed by atoms with E-state index >= 15 is 0 Å². The van der Waals surface area contributed by atoms with Gasteiger partial charge in [-0.2, -0.15) is 0 Å². The molecule has 17 heavy (non-hydrogen) atoms. The van der Waals surface area contributed by atoms with Gasteiger partial charge in [-0.25, -0.2) is 5.06 Å². The quantitative estimate of drug-likeness (QED) is 0.491. The van der Waals surface area contributed by atoms with Crippen molar-refractivity contribution in [3.63, 3.8) is 0 Å². The number of nitrogens with zero attached hydrogens (tertiary/aromatic N) is 1. The average Bonchev–Trinajstić information content (AvgIpc) is 2.32. The van der Waals surface area contributed by atoms with Crippen LogP contribution < -0.4 is 0 Å². The van der Waals surface area contributed by atoms with E-state index in [0.29, 0.717) is 21.5 Å². The summed E-state index contributed by atoms with van der Waals surface area (Å²) < 4.78 is 0. The van der Waals surface area contributed by atoms with Crippen LogP contribution in [-0.2, 0) is 16.0 Å². The first-order valence-corrected chi connectivity index (χ1v) is 5.54. The SMILES string of the molecule is O=[C]C(Cc1ccc(Cl)c(Cl)c1)CN(O)C=O. The van der Waals surface area contributed by atoms with Gasteiger partial charge in [0.05, 0.1) is 16.6 Å². The van der Waals surface area contributed by atoms with Crippen molar-refractivity contribution in [2.45, 2.75) is 6.42 Å². The Hall–Kier alpha value is -1.10. The van der Waals surface area contributed by atoms with Crippen LogP contribution in [0.4, 0.5) is 0 Å². The Bertz CT molecular complexity index is 412. The molecular formula is C11H10Cl2NO3. The summed E-state index contributed by atoms with van der Waals surface area (Å²) in [6.07, 6.45) is 2.32. The Kier molecular flexibility index (Phi) is 5.41. The summed E-state index contributed by atoms with van der Waals surface area (Å²) in [6, 6.07) is 4.98. The van der Waals surface area contributed by atoms with Crippen LogP contribution in [0.1, 0.15) is 5.56 Å². The zero-order valence-electron chi connectivity index (χ0n) is 8.77. The van der Waals surface area contributed by atoms with Crippen LogP contribution in [0, 0.1) is 5.92 Å². The Morgan fingerprint density at radius 1 is 1.41 bits per heavy atom. The molecule has 1 rings (SSSR count). The molecular weight excluding hydrogens is 265 g/mol. The molecule has 1 N–H and O–H groups in total. The molecule has 0 saturated heterocycles. The first-order valence-electron chi connectivity index (χ1n) is 4.79. The van der Waals surface area contributed by atoms with Crippen LogP contribution in [0.2, 0.25) is 10.0 Å². The standard InChI is InChI=1S/C11H10Cl2NO3/c12-10-2-1-8(4-11(10)13)3-9(6-15)5-14(17)7-16/h1-2,4,7,9,17H,3,5H2. The molecule has 0 saturated carbocycles. The van der Waals surface area contributed by atoms with Crippen molar-refractivity contribution in [1.29, 1.82) is 0 Å². The molecule has 1 atom stereocenters. The largest absolute Gasteiger partial charge is 0.290 e. The summed E-state index contributed by atoms with van der Waals surface area (Å²) in [7, 11) is 0. The number of rotatable bonds is 6. The number of amides is 1. The van der Waals surface area contributed by atoms with Crippen molar-refractivity contribution < 1.29 is 14.8 Å². The van der Waals surface area contributed by atoms with Gasteiger partial charge in [0.1, 0.15) is 0 Å². The summed E-state index contributed by atoms with van der Waals surface area (Å²) in [4.78, 5) is 20.9. The lowest BCUT2D eigenvalue weighted by Gasteiger charge is -2.14. The molecule has 1 unspecified atom stereocenters. The second kappa shape index (κ2) is 6.59. The maximum Gasteiger partial charge on any atom is 0.233 e. The second-order valence-electron chi connectivity index (χ2n) is 3.49. The monoisotopic (exact) mass is 274 g/mol. The maximum absolute atomic E-state index is 10.7. The highest BCUT2D eigenvalue weighted by atomic mass is 35.5. The van der Waals surface area contributed by atoms with E-state index in [-0.39, 0.29) is 13.0 Å². The number of hydrogen-bond acceptors (Lipinski definition) is 3. The molecule has 4 nitrogen and oxygen atoms in total. The van der Waals surface area contributed by atoms with Crippen molar-refractivity contribution in [3.8, 4) is 0 Å². The van der Waals surface area contributed by atoms with E-state index in [0.717, 1.165) is 5.56 Å². The molecule has 1 amide bonds. The van der Waals surface area contributed by atoms with Crippen LogP contribution in [0.5, 0.6) is 0 Å². The highest BCUT2D eigenvalue weighted by Crippen LogP contribution is 2.23. The van der Waals surface area contributed by atoms with Crippen molar-refractivity contribution in [3.05, 3.63) is 33.8 Å². The molecule has 0 bridgehead atoms. The van der Waals surface area contributed by atoms with Gasteiger partial charge in [0.15, 0.2) is 0 Å². The number of carbonyl (C=O) groups excluding carboxylic acids is 2. The van der Waals surface area contributed by atoms with E-state index < -0.39 is 5.92 Å². The minimum atomic E-state index is -0.609. The van der Waals surface area contributed by atoms with Gasteiger partial charge in [-0.1, -0.05) is 29.3 Å². The number of hydrogen-bond donors (Lipinski definition) is 1. The predicted molar refractivity (Wildman–Crippen MR) is 63.9 cm³/mol. The molecule has 0 spiro atoms. The van der Waals surface area contributed by atoms with Crippen LogP contribution in [0.15, 0.2) is 18.2 Å². The van der Waals surface area contributed by atoms with Crippen LogP contribution >= 0.6 is 23.2 Å². The summed E-state index contributed by atoms with van der Waals surface area (Å²) in [5.74, 6) is -0.609. The van der Waals surface area contributed by atoms with Crippen molar-refractivity contribution in [2.24, 2.45) is 5.92 Å². The normalized spacial score (nSPS) is 11.9. The zero-order valence-corrected chi connectivity index (χ0v) is 10.3. The molecule has 1 aromatic rings. The van der Waals surface area contributed by atoms with Gasteiger partial charge in [0.25, 0.3) is 0 Å². The minimum absolute atomic E-state index is 0.104. The molecule has 0 aliphatic rings. The summed E-state index contributed by atoms with van der Waals surface area (Å²) >= 11 is 11.6. The molecule has 6 heteroatoms. The predicted octanol–water partition coefficient (Wildman–Crippen LogP) is 2.11. The highest BCUT2D eigenvalue weighted by Gasteiger charge is 2.13. The zero-order chi connectivity index (χ0) is 12.8. The van der Waals surface area contributed by atoms with Gasteiger partial charge < -0.3 is 0 Å². The molecule has 0 heterocycles. The molecule has 0 aliphatic heterocycles. The van der Waals surface area contributed by atoms with Gasteiger partial charge >= 0.3 is 0 Å². The summed E-state index contributed by atoms with van der Waals surface area (Å²) in [5, 5.41) is 10.2. The maximum atomic E-state index is 10.7. The fourth-order valence-electron chi connectivity index (χ4n) is 1.36. The van der Waals surface area contributed by atoms with Crippen molar-refractivity contribution in [1.82, 2.24) is 5.06 Å².